The number of carbonyl (C=O) groups excluding carboxylic acids is 1. The van der Waals surface area contributed by atoms with Crippen LogP contribution in [0.15, 0.2) is 71.6 Å². The summed E-state index contributed by atoms with van der Waals surface area (Å²) in [6.45, 7) is -0.583. The van der Waals surface area contributed by atoms with Gasteiger partial charge in [0.1, 0.15) is 29.6 Å². The second-order valence-corrected chi connectivity index (χ2v) is 8.61. The normalized spacial score (nSPS) is 10.9. The van der Waals surface area contributed by atoms with Crippen molar-refractivity contribution in [3.63, 3.8) is 0 Å². The van der Waals surface area contributed by atoms with E-state index in [1.54, 1.807) is 36.4 Å². The van der Waals surface area contributed by atoms with Gasteiger partial charge in [-0.05, 0) is 48.5 Å². The van der Waals surface area contributed by atoms with Crippen molar-refractivity contribution in [2.45, 2.75) is 4.90 Å². The predicted molar refractivity (Wildman–Crippen MR) is 122 cm³/mol. The fourth-order valence-electron chi connectivity index (χ4n) is 3.10. The smallest absolute Gasteiger partial charge is 0.264 e. The minimum atomic E-state index is -4.25. The number of benzene rings is 3. The monoisotopic (exact) mass is 474 g/mol. The van der Waals surface area contributed by atoms with Crippen LogP contribution in [0.2, 0.25) is 0 Å². The van der Waals surface area contributed by atoms with Gasteiger partial charge in [-0.15, -0.1) is 0 Å². The fraction of sp³-hybridized carbons (Fsp3) is 0.174. The number of hydrogen-bond donors (Lipinski definition) is 1. The van der Waals surface area contributed by atoms with Crippen LogP contribution in [0, 0.1) is 5.82 Å². The third-order valence-electron chi connectivity index (χ3n) is 4.72. The van der Waals surface area contributed by atoms with Gasteiger partial charge in [0.25, 0.3) is 10.0 Å². The Bertz CT molecular complexity index is 1230. The maximum Gasteiger partial charge on any atom is 0.264 e. The number of para-hydroxylation sites is 2. The summed E-state index contributed by atoms with van der Waals surface area (Å²) in [4.78, 5) is 12.8. The largest absolute Gasteiger partial charge is 0.497 e. The standard InChI is InChI=1S/C23H23FN2O6S/c1-30-17-10-13-21(31-2)19(14-17)25-23(27)15-26(20-6-4-5-7-22(20)32-3)33(28,29)18-11-8-16(24)9-12-18/h4-14H,15H2,1-3H3,(H,25,27). The van der Waals surface area contributed by atoms with Crippen molar-refractivity contribution < 1.29 is 31.8 Å². The molecule has 0 aliphatic carbocycles. The van der Waals surface area contributed by atoms with Crippen LogP contribution in [0.4, 0.5) is 15.8 Å². The molecular formula is C23H23FN2O6S. The Morgan fingerprint density at radius 2 is 1.58 bits per heavy atom. The van der Waals surface area contributed by atoms with Crippen molar-refractivity contribution in [2.24, 2.45) is 0 Å². The molecule has 0 atom stereocenters. The molecule has 1 N–H and O–H groups in total. The number of amides is 1. The number of carbonyl (C=O) groups is 1. The van der Waals surface area contributed by atoms with E-state index in [2.05, 4.69) is 5.32 Å². The van der Waals surface area contributed by atoms with Crippen molar-refractivity contribution in [3.8, 4) is 17.2 Å². The lowest BCUT2D eigenvalue weighted by Gasteiger charge is -2.25. The zero-order chi connectivity index (χ0) is 24.0. The molecule has 0 fully saturated rings. The second-order valence-electron chi connectivity index (χ2n) is 6.75. The van der Waals surface area contributed by atoms with Gasteiger partial charge in [0.05, 0.1) is 37.6 Å². The highest BCUT2D eigenvalue weighted by Crippen LogP contribution is 2.33. The summed E-state index contributed by atoms with van der Waals surface area (Å²) in [6.07, 6.45) is 0. The van der Waals surface area contributed by atoms with Crippen molar-refractivity contribution >= 4 is 27.3 Å². The first-order valence-electron chi connectivity index (χ1n) is 9.73. The Kier molecular flexibility index (Phi) is 7.39. The van der Waals surface area contributed by atoms with E-state index < -0.39 is 28.3 Å². The number of halogens is 1. The minimum absolute atomic E-state index is 0.150. The van der Waals surface area contributed by atoms with Crippen LogP contribution in [0.1, 0.15) is 0 Å². The molecule has 3 aromatic rings. The highest BCUT2D eigenvalue weighted by molar-refractivity contribution is 7.92. The van der Waals surface area contributed by atoms with Crippen molar-refractivity contribution in [1.29, 1.82) is 0 Å². The summed E-state index contributed by atoms with van der Waals surface area (Å²) < 4.78 is 56.9. The molecule has 1 amide bonds. The number of sulfonamides is 1. The average molecular weight is 475 g/mol. The Morgan fingerprint density at radius 3 is 2.21 bits per heavy atom. The number of ether oxygens (including phenoxy) is 3. The molecule has 10 heteroatoms. The van der Waals surface area contributed by atoms with Crippen molar-refractivity contribution in [1.82, 2.24) is 0 Å². The van der Waals surface area contributed by atoms with Crippen LogP contribution in [0.5, 0.6) is 17.2 Å². The molecule has 0 aliphatic rings. The first-order chi connectivity index (χ1) is 15.8. The topological polar surface area (TPSA) is 94.2 Å². The Hall–Kier alpha value is -3.79. The van der Waals surface area contributed by atoms with Gasteiger partial charge < -0.3 is 19.5 Å². The van der Waals surface area contributed by atoms with E-state index in [4.69, 9.17) is 14.2 Å². The average Bonchev–Trinajstić information content (AvgIpc) is 2.82. The third-order valence-corrected chi connectivity index (χ3v) is 6.50. The highest BCUT2D eigenvalue weighted by Gasteiger charge is 2.29. The van der Waals surface area contributed by atoms with Gasteiger partial charge in [-0.2, -0.15) is 0 Å². The number of methoxy groups -OCH3 is 3. The molecule has 0 bridgehead atoms. The van der Waals surface area contributed by atoms with Crippen molar-refractivity contribution in [2.75, 3.05) is 37.5 Å². The van der Waals surface area contributed by atoms with Crippen LogP contribution < -0.4 is 23.8 Å². The molecule has 174 valence electrons. The van der Waals surface area contributed by atoms with Crippen LogP contribution in [-0.2, 0) is 14.8 Å². The fourth-order valence-corrected chi connectivity index (χ4v) is 4.53. The minimum Gasteiger partial charge on any atom is -0.497 e. The van der Waals surface area contributed by atoms with Gasteiger partial charge in [0.15, 0.2) is 0 Å². The summed E-state index contributed by atoms with van der Waals surface area (Å²) in [5.41, 5.74) is 0.457. The predicted octanol–water partition coefficient (Wildman–Crippen LogP) is 3.69. The molecule has 0 aromatic heterocycles. The van der Waals surface area contributed by atoms with Crippen LogP contribution in [0.3, 0.4) is 0 Å². The zero-order valence-electron chi connectivity index (χ0n) is 18.2. The lowest BCUT2D eigenvalue weighted by atomic mass is 10.2. The van der Waals surface area contributed by atoms with Gasteiger partial charge >= 0.3 is 0 Å². The van der Waals surface area contributed by atoms with Gasteiger partial charge in [-0.1, -0.05) is 12.1 Å². The second kappa shape index (κ2) is 10.2. The SMILES string of the molecule is COc1ccc(OC)c(NC(=O)CN(c2ccccc2OC)S(=O)(=O)c2ccc(F)cc2)c1. The van der Waals surface area contributed by atoms with E-state index in [0.29, 0.717) is 17.2 Å². The summed E-state index contributed by atoms with van der Waals surface area (Å²) in [5.74, 6) is -0.130. The summed E-state index contributed by atoms with van der Waals surface area (Å²) in [7, 11) is 0.0625. The van der Waals surface area contributed by atoms with E-state index in [1.807, 2.05) is 0 Å². The van der Waals surface area contributed by atoms with Crippen LogP contribution in [0.25, 0.3) is 0 Å². The molecular weight excluding hydrogens is 451 g/mol. The molecule has 8 nitrogen and oxygen atoms in total. The number of anilines is 2. The van der Waals surface area contributed by atoms with E-state index in [0.717, 1.165) is 28.6 Å². The molecule has 0 radical (unpaired) electrons. The number of hydrogen-bond acceptors (Lipinski definition) is 6. The van der Waals surface area contributed by atoms with Crippen LogP contribution in [-0.4, -0.2) is 42.2 Å². The molecule has 0 saturated heterocycles. The Morgan fingerprint density at radius 1 is 0.909 bits per heavy atom. The van der Waals surface area contributed by atoms with Gasteiger partial charge in [-0.3, -0.25) is 9.10 Å². The molecule has 0 aliphatic heterocycles. The zero-order valence-corrected chi connectivity index (χ0v) is 19.1. The summed E-state index contributed by atoms with van der Waals surface area (Å²) in [5, 5.41) is 2.66. The van der Waals surface area contributed by atoms with Gasteiger partial charge in [-0.25, -0.2) is 12.8 Å². The molecule has 0 saturated carbocycles. The number of rotatable bonds is 9. The van der Waals surface area contributed by atoms with E-state index in [-0.39, 0.29) is 16.3 Å². The van der Waals surface area contributed by atoms with Crippen LogP contribution >= 0.6 is 0 Å². The van der Waals surface area contributed by atoms with E-state index in [9.17, 15) is 17.6 Å². The maximum atomic E-state index is 13.4. The van der Waals surface area contributed by atoms with Gasteiger partial charge in [0.2, 0.25) is 5.91 Å². The summed E-state index contributed by atoms with van der Waals surface area (Å²) >= 11 is 0. The molecule has 33 heavy (non-hydrogen) atoms. The molecule has 0 spiro atoms. The van der Waals surface area contributed by atoms with Crippen molar-refractivity contribution in [3.05, 3.63) is 72.5 Å². The molecule has 3 rings (SSSR count). The van der Waals surface area contributed by atoms with Gasteiger partial charge in [0, 0.05) is 6.07 Å². The quantitative estimate of drug-likeness (QED) is 0.509. The number of nitrogens with one attached hydrogen (secondary N) is 1. The lowest BCUT2D eigenvalue weighted by molar-refractivity contribution is -0.114. The molecule has 3 aromatic carbocycles. The van der Waals surface area contributed by atoms with E-state index in [1.165, 1.54) is 27.4 Å². The highest BCUT2D eigenvalue weighted by atomic mass is 32.2. The van der Waals surface area contributed by atoms with E-state index >= 15 is 0 Å². The third kappa shape index (κ3) is 5.35. The molecule has 0 unspecified atom stereocenters. The number of nitrogens with zero attached hydrogens (tertiary/aromatic N) is 1. The lowest BCUT2D eigenvalue weighted by Crippen LogP contribution is -2.38. The maximum absolute atomic E-state index is 13.4. The summed E-state index contributed by atoms with van der Waals surface area (Å²) in [6, 6.07) is 15.6. The first-order valence-corrected chi connectivity index (χ1v) is 11.2. The Balaban J connectivity index is 2.00. The first kappa shape index (κ1) is 23.9. The Labute approximate surface area is 191 Å². The molecule has 0 heterocycles.